The van der Waals surface area contributed by atoms with E-state index >= 15 is 0 Å². The van der Waals surface area contributed by atoms with Gasteiger partial charge in [0.1, 0.15) is 5.82 Å². The number of rotatable bonds is 4. The van der Waals surface area contributed by atoms with Gasteiger partial charge in [-0.15, -0.1) is 0 Å². The molecule has 1 aromatic heterocycles. The summed E-state index contributed by atoms with van der Waals surface area (Å²) in [5.41, 5.74) is 2.16. The van der Waals surface area contributed by atoms with Crippen LogP contribution >= 0.6 is 0 Å². The second-order valence-electron chi connectivity index (χ2n) is 6.97. The van der Waals surface area contributed by atoms with Crippen molar-refractivity contribution >= 4 is 11.7 Å². The Bertz CT molecular complexity index is 759. The average Bonchev–Trinajstić information content (AvgIpc) is 2.98. The van der Waals surface area contributed by atoms with E-state index in [2.05, 4.69) is 20.1 Å². The molecule has 2 N–H and O–H groups in total. The number of aromatic nitrogens is 1. The van der Waals surface area contributed by atoms with Gasteiger partial charge in [-0.05, 0) is 23.3 Å². The van der Waals surface area contributed by atoms with E-state index in [0.717, 1.165) is 43.1 Å². The number of anilines is 1. The van der Waals surface area contributed by atoms with E-state index in [9.17, 15) is 9.90 Å². The number of carbonyl (C=O) groups excluding carboxylic acids is 1. The topological polar surface area (TPSA) is 68.7 Å². The Balaban J connectivity index is 1.30. The zero-order chi connectivity index (χ0) is 17.9. The number of carbonyl (C=O) groups is 1. The van der Waals surface area contributed by atoms with E-state index in [1.54, 1.807) is 6.20 Å². The summed E-state index contributed by atoms with van der Waals surface area (Å²) in [6.07, 6.45) is 1.86. The number of aliphatic hydroxyl groups is 1. The molecular formula is C20H24N4O2. The number of fused-ring (bicyclic) bond motifs is 1. The molecule has 1 aliphatic carbocycles. The van der Waals surface area contributed by atoms with E-state index < -0.39 is 6.10 Å². The van der Waals surface area contributed by atoms with Gasteiger partial charge in [-0.1, -0.05) is 30.3 Å². The van der Waals surface area contributed by atoms with Crippen LogP contribution < -0.4 is 10.2 Å². The Hall–Kier alpha value is -2.44. The molecule has 0 unspecified atom stereocenters. The second kappa shape index (κ2) is 7.43. The number of hydrogen-bond acceptors (Lipinski definition) is 5. The fourth-order valence-electron chi connectivity index (χ4n) is 3.85. The van der Waals surface area contributed by atoms with Gasteiger partial charge in [0.05, 0.1) is 18.7 Å². The molecule has 0 saturated carbocycles. The normalized spacial score (nSPS) is 22.9. The maximum absolute atomic E-state index is 12.5. The van der Waals surface area contributed by atoms with Crippen LogP contribution in [0.5, 0.6) is 0 Å². The van der Waals surface area contributed by atoms with Crippen LogP contribution in [0.4, 0.5) is 5.82 Å². The Morgan fingerprint density at radius 2 is 1.88 bits per heavy atom. The maximum atomic E-state index is 12.5. The lowest BCUT2D eigenvalue weighted by Crippen LogP contribution is -2.50. The monoisotopic (exact) mass is 352 g/mol. The first-order valence-electron chi connectivity index (χ1n) is 9.14. The lowest BCUT2D eigenvalue weighted by atomic mass is 10.1. The molecule has 1 aliphatic heterocycles. The van der Waals surface area contributed by atoms with E-state index in [1.165, 1.54) is 0 Å². The first kappa shape index (κ1) is 17.0. The summed E-state index contributed by atoms with van der Waals surface area (Å²) >= 11 is 0. The van der Waals surface area contributed by atoms with Crippen molar-refractivity contribution < 1.29 is 9.90 Å². The van der Waals surface area contributed by atoms with Crippen molar-refractivity contribution in [2.75, 3.05) is 37.6 Å². The molecule has 26 heavy (non-hydrogen) atoms. The predicted octanol–water partition coefficient (Wildman–Crippen LogP) is 0.978. The molecule has 2 heterocycles. The third-order valence-corrected chi connectivity index (χ3v) is 5.23. The van der Waals surface area contributed by atoms with Crippen LogP contribution in [0, 0.1) is 0 Å². The first-order chi connectivity index (χ1) is 12.7. The van der Waals surface area contributed by atoms with Crippen LogP contribution in [0.2, 0.25) is 0 Å². The highest BCUT2D eigenvalue weighted by atomic mass is 16.3. The Morgan fingerprint density at radius 1 is 1.12 bits per heavy atom. The minimum atomic E-state index is -0.544. The van der Waals surface area contributed by atoms with Crippen LogP contribution in [-0.4, -0.2) is 59.7 Å². The van der Waals surface area contributed by atoms with Gasteiger partial charge in [-0.2, -0.15) is 0 Å². The quantitative estimate of drug-likeness (QED) is 0.859. The standard InChI is InChI=1S/C20H24N4O2/c25-17-13-15-5-1-2-6-16(15)20(17)22-19(26)14-23-9-11-24(12-10-23)18-7-3-4-8-21-18/h1-8,17,20,25H,9-14H2,(H,22,26)/t17-,20+/m1/s1. The van der Waals surface area contributed by atoms with Gasteiger partial charge in [0, 0.05) is 38.8 Å². The second-order valence-corrected chi connectivity index (χ2v) is 6.97. The fourth-order valence-corrected chi connectivity index (χ4v) is 3.85. The van der Waals surface area contributed by atoms with Crippen LogP contribution in [0.3, 0.4) is 0 Å². The smallest absolute Gasteiger partial charge is 0.234 e. The summed E-state index contributed by atoms with van der Waals surface area (Å²) in [4.78, 5) is 21.3. The Labute approximate surface area is 153 Å². The summed E-state index contributed by atoms with van der Waals surface area (Å²) in [7, 11) is 0. The molecule has 2 aromatic rings. The average molecular weight is 352 g/mol. The van der Waals surface area contributed by atoms with Gasteiger partial charge in [0.15, 0.2) is 0 Å². The van der Waals surface area contributed by atoms with Crippen LogP contribution in [0.25, 0.3) is 0 Å². The molecule has 136 valence electrons. The van der Waals surface area contributed by atoms with Gasteiger partial charge in [-0.25, -0.2) is 4.98 Å². The molecular weight excluding hydrogens is 328 g/mol. The number of nitrogens with one attached hydrogen (secondary N) is 1. The van der Waals surface area contributed by atoms with Gasteiger partial charge in [0.2, 0.25) is 5.91 Å². The van der Waals surface area contributed by atoms with E-state index in [4.69, 9.17) is 0 Å². The minimum Gasteiger partial charge on any atom is -0.390 e. The number of amides is 1. The molecule has 2 atom stereocenters. The zero-order valence-electron chi connectivity index (χ0n) is 14.7. The lowest BCUT2D eigenvalue weighted by Gasteiger charge is -2.35. The zero-order valence-corrected chi connectivity index (χ0v) is 14.7. The summed E-state index contributed by atoms with van der Waals surface area (Å²) in [5.74, 6) is 0.958. The van der Waals surface area contributed by atoms with Crippen molar-refractivity contribution in [2.45, 2.75) is 18.6 Å². The summed E-state index contributed by atoms with van der Waals surface area (Å²) < 4.78 is 0. The number of benzene rings is 1. The third-order valence-electron chi connectivity index (χ3n) is 5.23. The van der Waals surface area contributed by atoms with E-state index in [0.29, 0.717) is 13.0 Å². The van der Waals surface area contributed by atoms with Crippen molar-refractivity contribution in [3.8, 4) is 0 Å². The number of aliphatic hydroxyl groups excluding tert-OH is 1. The molecule has 1 amide bonds. The van der Waals surface area contributed by atoms with Gasteiger partial charge >= 0.3 is 0 Å². The molecule has 0 spiro atoms. The summed E-state index contributed by atoms with van der Waals surface area (Å²) in [6, 6.07) is 13.6. The number of pyridine rings is 1. The van der Waals surface area contributed by atoms with Gasteiger partial charge in [0.25, 0.3) is 0 Å². The number of hydrogen-bond donors (Lipinski definition) is 2. The molecule has 1 aromatic carbocycles. The molecule has 4 rings (SSSR count). The molecule has 0 radical (unpaired) electrons. The summed E-state index contributed by atoms with van der Waals surface area (Å²) in [6.45, 7) is 3.74. The van der Waals surface area contributed by atoms with Crippen molar-refractivity contribution in [3.05, 3.63) is 59.8 Å². The van der Waals surface area contributed by atoms with Crippen LogP contribution in [0.15, 0.2) is 48.7 Å². The lowest BCUT2D eigenvalue weighted by molar-refractivity contribution is -0.123. The van der Waals surface area contributed by atoms with Crippen molar-refractivity contribution in [3.63, 3.8) is 0 Å². The fraction of sp³-hybridized carbons (Fsp3) is 0.400. The highest BCUT2D eigenvalue weighted by Crippen LogP contribution is 2.31. The van der Waals surface area contributed by atoms with Gasteiger partial charge in [-0.3, -0.25) is 9.69 Å². The predicted molar refractivity (Wildman–Crippen MR) is 99.9 cm³/mol. The maximum Gasteiger partial charge on any atom is 0.234 e. The third kappa shape index (κ3) is 3.57. The molecule has 6 nitrogen and oxygen atoms in total. The number of piperazine rings is 1. The van der Waals surface area contributed by atoms with E-state index in [-0.39, 0.29) is 11.9 Å². The largest absolute Gasteiger partial charge is 0.390 e. The molecule has 0 bridgehead atoms. The Kier molecular flexibility index (Phi) is 4.86. The molecule has 2 aliphatic rings. The van der Waals surface area contributed by atoms with E-state index in [1.807, 2.05) is 42.5 Å². The van der Waals surface area contributed by atoms with Gasteiger partial charge < -0.3 is 15.3 Å². The molecule has 1 saturated heterocycles. The van der Waals surface area contributed by atoms with Crippen molar-refractivity contribution in [2.24, 2.45) is 0 Å². The van der Waals surface area contributed by atoms with Crippen LogP contribution in [0.1, 0.15) is 17.2 Å². The highest BCUT2D eigenvalue weighted by Gasteiger charge is 2.32. The molecule has 6 heteroatoms. The van der Waals surface area contributed by atoms with Crippen LogP contribution in [-0.2, 0) is 11.2 Å². The number of nitrogens with zero attached hydrogens (tertiary/aromatic N) is 3. The highest BCUT2D eigenvalue weighted by molar-refractivity contribution is 5.79. The first-order valence-corrected chi connectivity index (χ1v) is 9.14. The van der Waals surface area contributed by atoms with Crippen molar-refractivity contribution in [1.82, 2.24) is 15.2 Å². The molecule has 1 fully saturated rings. The Morgan fingerprint density at radius 3 is 2.65 bits per heavy atom. The minimum absolute atomic E-state index is 0.0305. The van der Waals surface area contributed by atoms with Crippen molar-refractivity contribution in [1.29, 1.82) is 0 Å². The SMILES string of the molecule is O=C(CN1CCN(c2ccccn2)CC1)N[C@H]1c2ccccc2C[C@H]1O. The summed E-state index contributed by atoms with van der Waals surface area (Å²) in [5, 5.41) is 13.3.